The summed E-state index contributed by atoms with van der Waals surface area (Å²) < 4.78 is 0. The summed E-state index contributed by atoms with van der Waals surface area (Å²) in [5.41, 5.74) is 12.4. The van der Waals surface area contributed by atoms with Gasteiger partial charge in [-0.2, -0.15) is 0 Å². The number of benzene rings is 3. The number of rotatable bonds is 5. The van der Waals surface area contributed by atoms with Crippen LogP contribution in [0.5, 0.6) is 0 Å². The van der Waals surface area contributed by atoms with Crippen LogP contribution in [0.4, 0.5) is 0 Å². The summed E-state index contributed by atoms with van der Waals surface area (Å²) in [5.74, 6) is 0. The van der Waals surface area contributed by atoms with E-state index >= 15 is 0 Å². The second kappa shape index (κ2) is 11.2. The van der Waals surface area contributed by atoms with Crippen LogP contribution in [-0.4, -0.2) is 24.9 Å². The molecule has 0 N–H and O–H groups in total. The lowest BCUT2D eigenvalue weighted by Gasteiger charge is -2.11. The molecule has 0 aliphatic heterocycles. The largest absolute Gasteiger partial charge is 0.255 e. The average molecular weight is 578 g/mol. The van der Waals surface area contributed by atoms with Gasteiger partial charge in [-0.1, -0.05) is 90.5 Å². The third kappa shape index (κ3) is 5.21. The zero-order valence-corrected chi connectivity index (χ0v) is 24.6. The van der Waals surface area contributed by atoms with Gasteiger partial charge in [-0.25, -0.2) is 15.0 Å². The summed E-state index contributed by atoms with van der Waals surface area (Å²) >= 11 is 0. The monoisotopic (exact) mass is 577 g/mol. The molecule has 0 aliphatic rings. The lowest BCUT2D eigenvalue weighted by atomic mass is 10.00. The van der Waals surface area contributed by atoms with E-state index in [4.69, 9.17) is 15.0 Å². The number of fused-ring (bicyclic) bond motifs is 3. The summed E-state index contributed by atoms with van der Waals surface area (Å²) in [4.78, 5) is 24.2. The minimum atomic E-state index is 0.804. The van der Waals surface area contributed by atoms with E-state index in [2.05, 4.69) is 114 Å². The van der Waals surface area contributed by atoms with Crippen LogP contribution in [0.25, 0.3) is 78.2 Å². The van der Waals surface area contributed by atoms with E-state index in [1.54, 1.807) is 12.4 Å². The van der Waals surface area contributed by atoms with Crippen LogP contribution in [0.2, 0.25) is 0 Å². The van der Waals surface area contributed by atoms with E-state index in [9.17, 15) is 0 Å². The van der Waals surface area contributed by atoms with Gasteiger partial charge in [-0.3, -0.25) is 9.97 Å². The quantitative estimate of drug-likeness (QED) is 0.191. The van der Waals surface area contributed by atoms with Crippen LogP contribution < -0.4 is 0 Å². The maximum Gasteiger partial charge on any atom is 0.0972 e. The van der Waals surface area contributed by atoms with Crippen molar-refractivity contribution in [3.8, 4) is 56.4 Å². The maximum atomic E-state index is 5.14. The van der Waals surface area contributed by atoms with Gasteiger partial charge in [0.2, 0.25) is 0 Å². The molecular weight excluding hydrogens is 550 g/mol. The Morgan fingerprint density at radius 2 is 0.822 bits per heavy atom. The molecule has 0 aliphatic carbocycles. The Kier molecular flexibility index (Phi) is 6.61. The molecule has 0 spiro atoms. The second-order valence-corrected chi connectivity index (χ2v) is 11.1. The Hall–Kier alpha value is -6.07. The molecule has 0 unspecified atom stereocenters. The molecular formula is C40H27N5. The maximum absolute atomic E-state index is 5.14. The summed E-state index contributed by atoms with van der Waals surface area (Å²) in [5, 5.41) is 2.14. The van der Waals surface area contributed by atoms with E-state index in [-0.39, 0.29) is 0 Å². The molecule has 0 amide bonds. The molecule has 212 valence electrons. The minimum Gasteiger partial charge on any atom is -0.255 e. The number of hydrogen-bond donors (Lipinski definition) is 0. The third-order valence-electron chi connectivity index (χ3n) is 8.06. The highest BCUT2D eigenvalue weighted by molar-refractivity contribution is 6.04. The lowest BCUT2D eigenvalue weighted by Crippen LogP contribution is -1.94. The van der Waals surface area contributed by atoms with Crippen LogP contribution in [0.1, 0.15) is 5.56 Å². The Bertz CT molecular complexity index is 2240. The number of aryl methyl sites for hydroxylation is 1. The smallest absolute Gasteiger partial charge is 0.0972 e. The molecule has 0 saturated heterocycles. The van der Waals surface area contributed by atoms with Crippen molar-refractivity contribution in [1.82, 2.24) is 24.9 Å². The highest BCUT2D eigenvalue weighted by atomic mass is 14.8. The predicted octanol–water partition coefficient (Wildman–Crippen LogP) is 9.61. The van der Waals surface area contributed by atoms with Crippen molar-refractivity contribution >= 4 is 21.8 Å². The minimum absolute atomic E-state index is 0.804. The van der Waals surface area contributed by atoms with Crippen molar-refractivity contribution in [1.29, 1.82) is 0 Å². The standard InChI is InChI=1S/C40H27N5/c1-26-8-10-28(11-9-26)33-20-18-30-16-17-31-19-21-34(45-40(31)39(30)44-33)29-14-12-27(13-15-29)32-24-37(35-6-2-4-22-41-35)43-38(25-32)36-7-3-5-23-42-36/h2-25H,1H3. The molecule has 8 rings (SSSR count). The topological polar surface area (TPSA) is 64.5 Å². The van der Waals surface area contributed by atoms with Gasteiger partial charge in [0.1, 0.15) is 0 Å². The Balaban J connectivity index is 1.19. The number of nitrogens with zero attached hydrogens (tertiary/aromatic N) is 5. The molecule has 45 heavy (non-hydrogen) atoms. The molecule has 0 radical (unpaired) electrons. The molecule has 0 bridgehead atoms. The molecule has 5 aromatic heterocycles. The van der Waals surface area contributed by atoms with Gasteiger partial charge in [0.25, 0.3) is 0 Å². The van der Waals surface area contributed by atoms with Crippen molar-refractivity contribution in [2.24, 2.45) is 0 Å². The third-order valence-corrected chi connectivity index (χ3v) is 8.06. The van der Waals surface area contributed by atoms with E-state index in [0.29, 0.717) is 0 Å². The van der Waals surface area contributed by atoms with Gasteiger partial charge in [0.05, 0.1) is 45.2 Å². The van der Waals surface area contributed by atoms with Gasteiger partial charge in [0.15, 0.2) is 0 Å². The van der Waals surface area contributed by atoms with Crippen molar-refractivity contribution in [3.63, 3.8) is 0 Å². The van der Waals surface area contributed by atoms with E-state index < -0.39 is 0 Å². The number of hydrogen-bond acceptors (Lipinski definition) is 5. The first-order chi connectivity index (χ1) is 22.2. The van der Waals surface area contributed by atoms with Crippen molar-refractivity contribution in [2.75, 3.05) is 0 Å². The highest BCUT2D eigenvalue weighted by Crippen LogP contribution is 2.32. The fourth-order valence-corrected chi connectivity index (χ4v) is 5.64. The average Bonchev–Trinajstić information content (AvgIpc) is 3.12. The molecule has 5 heteroatoms. The van der Waals surface area contributed by atoms with Crippen LogP contribution in [0, 0.1) is 6.92 Å². The SMILES string of the molecule is Cc1ccc(-c2ccc3ccc4ccc(-c5ccc(-c6cc(-c7ccccn7)nc(-c7ccccn7)c6)cc5)nc4c3n2)cc1. The van der Waals surface area contributed by atoms with Crippen molar-refractivity contribution in [2.45, 2.75) is 6.92 Å². The van der Waals surface area contributed by atoms with E-state index in [1.807, 2.05) is 36.4 Å². The van der Waals surface area contributed by atoms with Crippen LogP contribution in [0.3, 0.4) is 0 Å². The van der Waals surface area contributed by atoms with Gasteiger partial charge in [0, 0.05) is 34.3 Å². The molecule has 0 atom stereocenters. The fraction of sp³-hybridized carbons (Fsp3) is 0.0250. The molecule has 0 fully saturated rings. The first kappa shape index (κ1) is 26.5. The summed E-state index contributed by atoms with van der Waals surface area (Å²) in [7, 11) is 0. The van der Waals surface area contributed by atoms with E-state index in [1.165, 1.54) is 5.56 Å². The molecule has 8 aromatic rings. The van der Waals surface area contributed by atoms with Gasteiger partial charge in [-0.05, 0) is 66.6 Å². The zero-order valence-electron chi connectivity index (χ0n) is 24.6. The number of aromatic nitrogens is 5. The summed E-state index contributed by atoms with van der Waals surface area (Å²) in [6.07, 6.45) is 3.58. The van der Waals surface area contributed by atoms with Crippen LogP contribution in [0.15, 0.2) is 146 Å². The molecule has 5 nitrogen and oxygen atoms in total. The first-order valence-corrected chi connectivity index (χ1v) is 14.9. The highest BCUT2D eigenvalue weighted by Gasteiger charge is 2.12. The Morgan fingerprint density at radius 1 is 0.356 bits per heavy atom. The zero-order chi connectivity index (χ0) is 30.2. The van der Waals surface area contributed by atoms with Crippen LogP contribution in [-0.2, 0) is 0 Å². The van der Waals surface area contributed by atoms with Crippen molar-refractivity contribution < 1.29 is 0 Å². The first-order valence-electron chi connectivity index (χ1n) is 14.9. The van der Waals surface area contributed by atoms with Gasteiger partial charge >= 0.3 is 0 Å². The Morgan fingerprint density at radius 3 is 1.31 bits per heavy atom. The molecule has 3 aromatic carbocycles. The van der Waals surface area contributed by atoms with E-state index in [0.717, 1.165) is 78.2 Å². The van der Waals surface area contributed by atoms with Gasteiger partial charge in [-0.15, -0.1) is 0 Å². The second-order valence-electron chi connectivity index (χ2n) is 11.1. The number of pyridine rings is 5. The van der Waals surface area contributed by atoms with Gasteiger partial charge < -0.3 is 0 Å². The predicted molar refractivity (Wildman–Crippen MR) is 182 cm³/mol. The van der Waals surface area contributed by atoms with Crippen molar-refractivity contribution in [3.05, 3.63) is 151 Å². The molecule has 0 saturated carbocycles. The van der Waals surface area contributed by atoms with Crippen LogP contribution >= 0.6 is 0 Å². The molecule has 5 heterocycles. The Labute approximate surface area is 261 Å². The lowest BCUT2D eigenvalue weighted by molar-refractivity contribution is 1.22. The fourth-order valence-electron chi connectivity index (χ4n) is 5.64. The summed E-state index contributed by atoms with van der Waals surface area (Å²) in [6.45, 7) is 2.10. The summed E-state index contributed by atoms with van der Waals surface area (Å²) in [6, 6.07) is 45.6. The normalized spacial score (nSPS) is 11.2.